The lowest BCUT2D eigenvalue weighted by atomic mass is 10.1. The Morgan fingerprint density at radius 3 is 2.67 bits per heavy atom. The predicted molar refractivity (Wildman–Crippen MR) is 95.9 cm³/mol. The lowest BCUT2D eigenvalue weighted by molar-refractivity contribution is -0.242. The molecular formula is C14H16F3IN2O3S. The molecule has 0 aromatic heterocycles. The number of carbonyl (C=O) groups is 1. The molecule has 1 aliphatic rings. The van der Waals surface area contributed by atoms with Crippen LogP contribution >= 0.6 is 30.3 Å². The predicted octanol–water partition coefficient (Wildman–Crippen LogP) is 5.08. The van der Waals surface area contributed by atoms with E-state index in [0.717, 1.165) is 19.5 Å². The SMILES string of the molecule is Cc1c(NC(=O)OC(C)(C)C(F)(F)F)ccc2c1N(SI)CCO2. The summed E-state index contributed by atoms with van der Waals surface area (Å²) in [6, 6.07) is 3.25. The van der Waals surface area contributed by atoms with Gasteiger partial charge >= 0.3 is 12.3 Å². The number of hydrogen-bond acceptors (Lipinski definition) is 5. The van der Waals surface area contributed by atoms with Gasteiger partial charge in [0, 0.05) is 41.6 Å². The summed E-state index contributed by atoms with van der Waals surface area (Å²) in [4.78, 5) is 11.9. The minimum absolute atomic E-state index is 0.373. The molecule has 2 rings (SSSR count). The first kappa shape index (κ1) is 19.3. The number of carbonyl (C=O) groups excluding carboxylic acids is 1. The van der Waals surface area contributed by atoms with Crippen LogP contribution in [0.2, 0.25) is 0 Å². The van der Waals surface area contributed by atoms with Crippen LogP contribution in [0.25, 0.3) is 0 Å². The Hall–Kier alpha value is -1.04. The first-order valence-corrected chi connectivity index (χ1v) is 10.3. The van der Waals surface area contributed by atoms with Gasteiger partial charge in [-0.2, -0.15) is 13.2 Å². The molecule has 134 valence electrons. The molecule has 5 nitrogen and oxygen atoms in total. The van der Waals surface area contributed by atoms with Crippen molar-refractivity contribution in [3.8, 4) is 5.75 Å². The highest BCUT2D eigenvalue weighted by Gasteiger charge is 2.51. The van der Waals surface area contributed by atoms with Gasteiger partial charge in [-0.15, -0.1) is 0 Å². The maximum absolute atomic E-state index is 12.8. The van der Waals surface area contributed by atoms with E-state index in [0.29, 0.717) is 30.2 Å². The van der Waals surface area contributed by atoms with Crippen molar-refractivity contribution in [2.45, 2.75) is 32.5 Å². The van der Waals surface area contributed by atoms with Gasteiger partial charge < -0.3 is 13.8 Å². The molecule has 0 unspecified atom stereocenters. The number of hydrogen-bond donors (Lipinski definition) is 1. The van der Waals surface area contributed by atoms with E-state index < -0.39 is 17.9 Å². The Morgan fingerprint density at radius 2 is 2.08 bits per heavy atom. The van der Waals surface area contributed by atoms with Crippen LogP contribution in [0.3, 0.4) is 0 Å². The van der Waals surface area contributed by atoms with Crippen molar-refractivity contribution in [2.75, 3.05) is 22.8 Å². The smallest absolute Gasteiger partial charge is 0.427 e. The Bertz CT molecular complexity index is 640. The number of rotatable bonds is 3. The number of amides is 1. The number of nitrogens with one attached hydrogen (secondary N) is 1. The molecule has 0 aliphatic carbocycles. The van der Waals surface area contributed by atoms with Crippen molar-refractivity contribution in [3.05, 3.63) is 17.7 Å². The minimum atomic E-state index is -4.66. The van der Waals surface area contributed by atoms with Gasteiger partial charge in [-0.05, 0) is 32.9 Å². The summed E-state index contributed by atoms with van der Waals surface area (Å²) < 4.78 is 50.5. The molecule has 24 heavy (non-hydrogen) atoms. The molecule has 1 N–H and O–H groups in total. The summed E-state index contributed by atoms with van der Waals surface area (Å²) in [5, 5.41) is 2.38. The maximum atomic E-state index is 12.8. The number of halogens is 4. The van der Waals surface area contributed by atoms with Crippen LogP contribution in [0.4, 0.5) is 29.3 Å². The van der Waals surface area contributed by atoms with E-state index >= 15 is 0 Å². The van der Waals surface area contributed by atoms with Crippen molar-refractivity contribution in [1.29, 1.82) is 0 Å². The molecule has 0 radical (unpaired) electrons. The molecule has 0 saturated heterocycles. The third-order valence-corrected chi connectivity index (χ3v) is 5.50. The van der Waals surface area contributed by atoms with Gasteiger partial charge in [0.1, 0.15) is 12.4 Å². The number of nitrogens with zero attached hydrogens (tertiary/aromatic N) is 1. The quantitative estimate of drug-likeness (QED) is 0.487. The number of fused-ring (bicyclic) bond motifs is 1. The summed E-state index contributed by atoms with van der Waals surface area (Å²) >= 11 is 2.13. The number of anilines is 2. The molecule has 0 atom stereocenters. The second-order valence-corrected chi connectivity index (χ2v) is 7.39. The Kier molecular flexibility index (Phi) is 5.68. The third-order valence-electron chi connectivity index (χ3n) is 3.55. The van der Waals surface area contributed by atoms with Crippen LogP contribution in [-0.2, 0) is 4.74 Å². The van der Waals surface area contributed by atoms with Crippen molar-refractivity contribution < 1.29 is 27.4 Å². The fraction of sp³-hybridized carbons (Fsp3) is 0.500. The fourth-order valence-electron chi connectivity index (χ4n) is 2.08. The normalized spacial score (nSPS) is 14.7. The molecule has 10 heteroatoms. The first-order chi connectivity index (χ1) is 11.1. The molecule has 0 spiro atoms. The van der Waals surface area contributed by atoms with E-state index in [4.69, 9.17) is 4.74 Å². The van der Waals surface area contributed by atoms with E-state index in [1.165, 1.54) is 9.12 Å². The largest absolute Gasteiger partial charge is 0.489 e. The Labute approximate surface area is 154 Å². The van der Waals surface area contributed by atoms with E-state index in [2.05, 4.69) is 31.3 Å². The van der Waals surface area contributed by atoms with Crippen LogP contribution in [0.1, 0.15) is 19.4 Å². The van der Waals surface area contributed by atoms with Gasteiger partial charge in [-0.1, -0.05) is 0 Å². The molecule has 1 amide bonds. The molecule has 1 heterocycles. The summed E-state index contributed by atoms with van der Waals surface area (Å²) in [6.45, 7) is 4.56. The molecule has 1 aliphatic heterocycles. The minimum Gasteiger partial charge on any atom is -0.489 e. The number of ether oxygens (including phenoxy) is 2. The maximum Gasteiger partial charge on any atom is 0.427 e. The monoisotopic (exact) mass is 476 g/mol. The molecule has 0 saturated carbocycles. The molecule has 0 bridgehead atoms. The number of alkyl halides is 3. The highest BCUT2D eigenvalue weighted by atomic mass is 127. The van der Waals surface area contributed by atoms with Gasteiger partial charge in [0.25, 0.3) is 0 Å². The second kappa shape index (κ2) is 7.06. The zero-order valence-corrected chi connectivity index (χ0v) is 16.1. The molecule has 0 fully saturated rings. The molecular weight excluding hydrogens is 460 g/mol. The topological polar surface area (TPSA) is 50.8 Å². The summed E-state index contributed by atoms with van der Waals surface area (Å²) in [5.74, 6) is 0.664. The van der Waals surface area contributed by atoms with Gasteiger partial charge in [-0.3, -0.25) is 5.32 Å². The fourth-order valence-corrected chi connectivity index (χ4v) is 3.70. The van der Waals surface area contributed by atoms with Crippen LogP contribution in [-0.4, -0.2) is 31.0 Å². The van der Waals surface area contributed by atoms with E-state index in [-0.39, 0.29) is 0 Å². The summed E-state index contributed by atoms with van der Waals surface area (Å²) in [6.07, 6.45) is -5.82. The average Bonchev–Trinajstić information content (AvgIpc) is 2.47. The second-order valence-electron chi connectivity index (χ2n) is 5.63. The van der Waals surface area contributed by atoms with Crippen molar-refractivity contribution in [2.24, 2.45) is 0 Å². The zero-order chi connectivity index (χ0) is 18.1. The van der Waals surface area contributed by atoms with Crippen molar-refractivity contribution >= 4 is 47.8 Å². The van der Waals surface area contributed by atoms with E-state index in [1.54, 1.807) is 19.1 Å². The standard InChI is InChI=1S/C14H16F3IN2O3S/c1-8-9(19-12(21)23-13(2,3)14(15,16)17)4-5-10-11(8)20(24-18)6-7-22-10/h4-5H,6-7H2,1-3H3,(H,19,21). The number of benzene rings is 1. The first-order valence-electron chi connectivity index (χ1n) is 6.96. The van der Waals surface area contributed by atoms with E-state index in [1.807, 2.05) is 4.31 Å². The molecule has 1 aromatic rings. The lowest BCUT2D eigenvalue weighted by Gasteiger charge is -2.31. The average molecular weight is 476 g/mol. The van der Waals surface area contributed by atoms with Gasteiger partial charge in [0.2, 0.25) is 5.60 Å². The van der Waals surface area contributed by atoms with Crippen LogP contribution in [0.5, 0.6) is 5.75 Å². The highest BCUT2D eigenvalue weighted by Crippen LogP contribution is 2.43. The highest BCUT2D eigenvalue weighted by molar-refractivity contribution is 14.2. The van der Waals surface area contributed by atoms with Gasteiger partial charge in [0.15, 0.2) is 0 Å². The van der Waals surface area contributed by atoms with Crippen LogP contribution in [0.15, 0.2) is 12.1 Å². The van der Waals surface area contributed by atoms with E-state index in [9.17, 15) is 18.0 Å². The van der Waals surface area contributed by atoms with Crippen molar-refractivity contribution in [3.63, 3.8) is 0 Å². The van der Waals surface area contributed by atoms with Crippen molar-refractivity contribution in [1.82, 2.24) is 0 Å². The Morgan fingerprint density at radius 1 is 1.42 bits per heavy atom. The third kappa shape index (κ3) is 3.95. The summed E-state index contributed by atoms with van der Waals surface area (Å²) in [5.41, 5.74) is -0.726. The van der Waals surface area contributed by atoms with Gasteiger partial charge in [-0.25, -0.2) is 4.79 Å². The molecule has 1 aromatic carbocycles. The van der Waals surface area contributed by atoms with Crippen LogP contribution in [0, 0.1) is 6.92 Å². The van der Waals surface area contributed by atoms with Crippen LogP contribution < -0.4 is 14.4 Å². The zero-order valence-electron chi connectivity index (χ0n) is 13.2. The Balaban J connectivity index is 2.21. The van der Waals surface area contributed by atoms with Gasteiger partial charge in [0.05, 0.1) is 12.2 Å². The summed E-state index contributed by atoms with van der Waals surface area (Å²) in [7, 11) is 1.47. The lowest BCUT2D eigenvalue weighted by Crippen LogP contribution is -2.44.